The van der Waals surface area contributed by atoms with Crippen LogP contribution in [-0.4, -0.2) is 17.1 Å². The molecule has 1 aliphatic rings. The molecule has 0 unspecified atom stereocenters. The molecule has 3 nitrogen and oxygen atoms in total. The van der Waals surface area contributed by atoms with Gasteiger partial charge < -0.3 is 0 Å². The van der Waals surface area contributed by atoms with E-state index in [4.69, 9.17) is 0 Å². The van der Waals surface area contributed by atoms with Gasteiger partial charge in [-0.1, -0.05) is 19.3 Å². The molecule has 1 aliphatic carbocycles. The lowest BCUT2D eigenvalue weighted by molar-refractivity contribution is 0.123. The lowest BCUT2D eigenvalue weighted by atomic mass is 9.94. The molecule has 0 radical (unpaired) electrons. The van der Waals surface area contributed by atoms with Crippen LogP contribution >= 0.6 is 0 Å². The maximum Gasteiger partial charge on any atom is 0.0529 e. The van der Waals surface area contributed by atoms with Crippen LogP contribution in [0.25, 0.3) is 0 Å². The molecule has 0 aromatic heterocycles. The van der Waals surface area contributed by atoms with Gasteiger partial charge in [-0.2, -0.15) is 0 Å². The minimum Gasteiger partial charge on any atom is -0.255 e. The first kappa shape index (κ1) is 9.49. The first-order chi connectivity index (χ1) is 5.75. The van der Waals surface area contributed by atoms with Crippen LogP contribution in [0.15, 0.2) is 5.29 Å². The van der Waals surface area contributed by atoms with Crippen LogP contribution in [0, 0.1) is 4.91 Å². The average molecular weight is 170 g/mol. The zero-order valence-electron chi connectivity index (χ0n) is 7.99. The molecule has 1 rings (SSSR count). The summed E-state index contributed by atoms with van der Waals surface area (Å²) in [6, 6.07) is 0.668. The Hall–Kier alpha value is -0.600. The zero-order chi connectivity index (χ0) is 8.97. The van der Waals surface area contributed by atoms with Crippen LogP contribution in [0.2, 0.25) is 0 Å². The summed E-state index contributed by atoms with van der Waals surface area (Å²) in [4.78, 5) is 10.5. The van der Waals surface area contributed by atoms with Crippen LogP contribution < -0.4 is 0 Å². The van der Waals surface area contributed by atoms with E-state index in [1.54, 1.807) is 5.01 Å². The molecule has 1 saturated carbocycles. The Labute approximate surface area is 74.1 Å². The molecule has 12 heavy (non-hydrogen) atoms. The van der Waals surface area contributed by atoms with Gasteiger partial charge in [0.2, 0.25) is 0 Å². The van der Waals surface area contributed by atoms with Crippen molar-refractivity contribution in [1.29, 1.82) is 0 Å². The Morgan fingerprint density at radius 2 is 1.83 bits per heavy atom. The molecule has 0 heterocycles. The summed E-state index contributed by atoms with van der Waals surface area (Å²) >= 11 is 0. The van der Waals surface area contributed by atoms with E-state index < -0.39 is 0 Å². The summed E-state index contributed by atoms with van der Waals surface area (Å²) in [6.07, 6.45) is 6.11. The van der Waals surface area contributed by atoms with Crippen molar-refractivity contribution in [3.63, 3.8) is 0 Å². The molecule has 1 fully saturated rings. The van der Waals surface area contributed by atoms with Gasteiger partial charge in [-0.15, -0.1) is 4.91 Å². The van der Waals surface area contributed by atoms with Crippen molar-refractivity contribution in [2.75, 3.05) is 0 Å². The van der Waals surface area contributed by atoms with Gasteiger partial charge in [-0.3, -0.25) is 5.01 Å². The van der Waals surface area contributed by atoms with E-state index >= 15 is 0 Å². The van der Waals surface area contributed by atoms with E-state index in [1.807, 2.05) is 13.8 Å². The van der Waals surface area contributed by atoms with Gasteiger partial charge in [0.25, 0.3) is 0 Å². The molecular formula is C9H18N2O. The van der Waals surface area contributed by atoms with Crippen LogP contribution in [-0.2, 0) is 0 Å². The average Bonchev–Trinajstić information content (AvgIpc) is 2.07. The predicted molar refractivity (Wildman–Crippen MR) is 49.6 cm³/mol. The highest BCUT2D eigenvalue weighted by molar-refractivity contribution is 4.75. The van der Waals surface area contributed by atoms with E-state index in [-0.39, 0.29) is 6.04 Å². The number of hydrogen-bond acceptors (Lipinski definition) is 2. The molecule has 0 aromatic carbocycles. The largest absolute Gasteiger partial charge is 0.255 e. The van der Waals surface area contributed by atoms with Gasteiger partial charge in [0, 0.05) is 6.04 Å². The van der Waals surface area contributed by atoms with Crippen molar-refractivity contribution in [2.45, 2.75) is 58.0 Å². The molecule has 0 N–H and O–H groups in total. The topological polar surface area (TPSA) is 32.7 Å². The van der Waals surface area contributed by atoms with Crippen molar-refractivity contribution in [2.24, 2.45) is 5.29 Å². The second-order valence-corrected chi connectivity index (χ2v) is 3.85. The molecule has 70 valence electrons. The van der Waals surface area contributed by atoms with E-state index in [2.05, 4.69) is 5.29 Å². The molecule has 0 bridgehead atoms. The standard InChI is InChI=1S/C9H18N2O/c1-8(2)11(10-12)9-6-4-3-5-7-9/h8-9H,3-7H2,1-2H3. The van der Waals surface area contributed by atoms with Crippen LogP contribution in [0.1, 0.15) is 46.0 Å². The Morgan fingerprint density at radius 1 is 1.25 bits per heavy atom. The fourth-order valence-electron chi connectivity index (χ4n) is 1.93. The normalized spacial score (nSPS) is 19.6. The fourth-order valence-corrected chi connectivity index (χ4v) is 1.93. The van der Waals surface area contributed by atoms with Crippen LogP contribution in [0.4, 0.5) is 0 Å². The molecule has 0 saturated heterocycles. The van der Waals surface area contributed by atoms with Gasteiger partial charge in [0.1, 0.15) is 0 Å². The summed E-state index contributed by atoms with van der Waals surface area (Å²) in [7, 11) is 0. The predicted octanol–water partition coefficient (Wildman–Crippen LogP) is 2.71. The first-order valence-electron chi connectivity index (χ1n) is 4.87. The maximum absolute atomic E-state index is 10.5. The summed E-state index contributed by atoms with van der Waals surface area (Å²) < 4.78 is 0. The van der Waals surface area contributed by atoms with Crippen molar-refractivity contribution in [1.82, 2.24) is 5.01 Å². The summed E-state index contributed by atoms with van der Waals surface area (Å²) in [5.74, 6) is 0. The highest BCUT2D eigenvalue weighted by Gasteiger charge is 2.22. The third-order valence-corrected chi connectivity index (χ3v) is 2.57. The third kappa shape index (κ3) is 2.19. The Bertz CT molecular complexity index is 141. The molecule has 0 spiro atoms. The minimum atomic E-state index is 0.255. The highest BCUT2D eigenvalue weighted by atomic mass is 16.3. The van der Waals surface area contributed by atoms with Gasteiger partial charge in [0.05, 0.1) is 11.3 Å². The molecule has 0 atom stereocenters. The maximum atomic E-state index is 10.5. The van der Waals surface area contributed by atoms with Gasteiger partial charge in [-0.25, -0.2) is 0 Å². The number of rotatable bonds is 3. The minimum absolute atomic E-state index is 0.255. The quantitative estimate of drug-likeness (QED) is 0.482. The van der Waals surface area contributed by atoms with Crippen molar-refractivity contribution in [3.8, 4) is 0 Å². The molecular weight excluding hydrogens is 152 g/mol. The van der Waals surface area contributed by atoms with Crippen LogP contribution in [0.5, 0.6) is 0 Å². The van der Waals surface area contributed by atoms with Crippen molar-refractivity contribution in [3.05, 3.63) is 4.91 Å². The van der Waals surface area contributed by atoms with Crippen molar-refractivity contribution < 1.29 is 0 Å². The Balaban J connectivity index is 2.45. The summed E-state index contributed by atoms with van der Waals surface area (Å²) in [5.41, 5.74) is 0. The number of hydrogen-bond donors (Lipinski definition) is 0. The number of nitroso groups, excluding NO2 is 1. The van der Waals surface area contributed by atoms with E-state index in [0.29, 0.717) is 6.04 Å². The monoisotopic (exact) mass is 170 g/mol. The second kappa shape index (κ2) is 4.43. The SMILES string of the molecule is CC(C)N(N=O)C1CCCCC1. The second-order valence-electron chi connectivity index (χ2n) is 3.85. The summed E-state index contributed by atoms with van der Waals surface area (Å²) in [6.45, 7) is 4.05. The molecule has 3 heteroatoms. The van der Waals surface area contributed by atoms with Gasteiger partial charge in [0.15, 0.2) is 0 Å². The van der Waals surface area contributed by atoms with E-state index in [0.717, 1.165) is 12.8 Å². The smallest absolute Gasteiger partial charge is 0.0529 e. The summed E-state index contributed by atoms with van der Waals surface area (Å²) in [5, 5.41) is 4.82. The zero-order valence-corrected chi connectivity index (χ0v) is 7.99. The Kier molecular flexibility index (Phi) is 3.50. The van der Waals surface area contributed by atoms with Gasteiger partial charge >= 0.3 is 0 Å². The third-order valence-electron chi connectivity index (χ3n) is 2.57. The van der Waals surface area contributed by atoms with E-state index in [1.165, 1.54) is 19.3 Å². The van der Waals surface area contributed by atoms with Crippen LogP contribution in [0.3, 0.4) is 0 Å². The van der Waals surface area contributed by atoms with Crippen molar-refractivity contribution >= 4 is 0 Å². The molecule has 0 amide bonds. The molecule has 0 aromatic rings. The number of nitrogens with zero attached hydrogens (tertiary/aromatic N) is 2. The fraction of sp³-hybridized carbons (Fsp3) is 1.00. The highest BCUT2D eigenvalue weighted by Crippen LogP contribution is 2.23. The lowest BCUT2D eigenvalue weighted by Gasteiger charge is -2.32. The van der Waals surface area contributed by atoms with E-state index in [9.17, 15) is 4.91 Å². The lowest BCUT2D eigenvalue weighted by Crippen LogP contribution is -2.37. The molecule has 0 aliphatic heterocycles. The Morgan fingerprint density at radius 3 is 2.25 bits per heavy atom. The van der Waals surface area contributed by atoms with Gasteiger partial charge in [-0.05, 0) is 26.7 Å². The first-order valence-corrected chi connectivity index (χ1v) is 4.87.